The smallest absolute Gasteiger partial charge is 0.282 e. The molecule has 2 atom stereocenters. The van der Waals surface area contributed by atoms with Crippen LogP contribution in [0.2, 0.25) is 0 Å². The largest absolute Gasteiger partial charge is 0.366 e. The Hall–Kier alpha value is -2.66. The molecule has 2 rings (SSSR count). The first-order valence-corrected chi connectivity index (χ1v) is 8.51. The van der Waals surface area contributed by atoms with Crippen LogP contribution in [0, 0.1) is 0 Å². The molecule has 0 spiro atoms. The van der Waals surface area contributed by atoms with Crippen LogP contribution in [-0.2, 0) is 17.8 Å². The van der Waals surface area contributed by atoms with Gasteiger partial charge in [0.25, 0.3) is 5.91 Å². The van der Waals surface area contributed by atoms with Crippen molar-refractivity contribution in [1.82, 2.24) is 0 Å². The summed E-state index contributed by atoms with van der Waals surface area (Å²) >= 11 is 0. The molecule has 2 aromatic rings. The maximum atomic E-state index is 12.4. The lowest BCUT2D eigenvalue weighted by molar-refractivity contribution is -0.907. The molecule has 0 aliphatic heterocycles. The van der Waals surface area contributed by atoms with Crippen molar-refractivity contribution in [2.45, 2.75) is 32.9 Å². The first kappa shape index (κ1) is 18.7. The summed E-state index contributed by atoms with van der Waals surface area (Å²) in [6.45, 7) is 4.82. The molecule has 0 aromatic heterocycles. The third-order valence-corrected chi connectivity index (χ3v) is 4.48. The van der Waals surface area contributed by atoms with Crippen molar-refractivity contribution in [3.05, 3.63) is 65.2 Å². The minimum Gasteiger partial charge on any atom is -0.366 e. The monoisotopic (exact) mass is 340 g/mol. The Morgan fingerprint density at radius 3 is 2.12 bits per heavy atom. The number of benzene rings is 2. The summed E-state index contributed by atoms with van der Waals surface area (Å²) in [6.07, 6.45) is 1.02. The zero-order chi connectivity index (χ0) is 18.4. The number of anilines is 1. The topological polar surface area (TPSA) is 76.6 Å². The van der Waals surface area contributed by atoms with E-state index in [-0.39, 0.29) is 11.9 Å². The lowest BCUT2D eigenvalue weighted by atomic mass is 10.1. The lowest BCUT2D eigenvalue weighted by Crippen LogP contribution is -3.12. The van der Waals surface area contributed by atoms with Gasteiger partial charge in [-0.25, -0.2) is 0 Å². The van der Waals surface area contributed by atoms with Crippen molar-refractivity contribution < 1.29 is 14.5 Å². The Bertz CT molecular complexity index is 724. The zero-order valence-corrected chi connectivity index (χ0v) is 15.0. The number of quaternary nitrogens is 1. The van der Waals surface area contributed by atoms with Crippen LogP contribution in [0.5, 0.6) is 0 Å². The van der Waals surface area contributed by atoms with E-state index in [1.54, 1.807) is 24.3 Å². The summed E-state index contributed by atoms with van der Waals surface area (Å²) in [4.78, 5) is 24.6. The molecule has 0 aliphatic carbocycles. The fraction of sp³-hybridized carbons (Fsp3) is 0.300. The molecule has 0 saturated carbocycles. The van der Waals surface area contributed by atoms with Crippen molar-refractivity contribution in [3.8, 4) is 0 Å². The minimum atomic E-state index is -0.482. The van der Waals surface area contributed by atoms with Gasteiger partial charge >= 0.3 is 0 Å². The number of amides is 2. The molecule has 5 heteroatoms. The number of likely N-dealkylation sites (N-methyl/N-ethyl adjacent to an activating group) is 1. The van der Waals surface area contributed by atoms with E-state index in [9.17, 15) is 9.59 Å². The summed E-state index contributed by atoms with van der Waals surface area (Å²) in [5, 5.41) is 2.88. The number of nitrogens with one attached hydrogen (secondary N) is 2. The lowest BCUT2D eigenvalue weighted by Gasteiger charge is -2.21. The van der Waals surface area contributed by atoms with E-state index in [1.165, 1.54) is 11.1 Å². The molecular weight excluding hydrogens is 314 g/mol. The molecule has 4 N–H and O–H groups in total. The molecule has 0 heterocycles. The highest BCUT2D eigenvalue weighted by Gasteiger charge is 2.22. The predicted octanol–water partition coefficient (Wildman–Crippen LogP) is 1.39. The van der Waals surface area contributed by atoms with Crippen molar-refractivity contribution in [3.63, 3.8) is 0 Å². The van der Waals surface area contributed by atoms with Crippen molar-refractivity contribution in [1.29, 1.82) is 0 Å². The fourth-order valence-electron chi connectivity index (χ4n) is 2.56. The highest BCUT2D eigenvalue weighted by atomic mass is 16.2. The van der Waals surface area contributed by atoms with Gasteiger partial charge < -0.3 is 16.0 Å². The fourth-order valence-corrected chi connectivity index (χ4v) is 2.56. The number of rotatable bonds is 7. The van der Waals surface area contributed by atoms with Crippen molar-refractivity contribution in [2.75, 3.05) is 12.4 Å². The molecule has 5 nitrogen and oxygen atoms in total. The number of hydrogen-bond donors (Lipinski definition) is 3. The normalized spacial score (nSPS) is 13.1. The molecule has 0 saturated heterocycles. The molecule has 2 amide bonds. The Kier molecular flexibility index (Phi) is 6.31. The second-order valence-electron chi connectivity index (χ2n) is 6.35. The van der Waals surface area contributed by atoms with Gasteiger partial charge in [-0.1, -0.05) is 31.2 Å². The van der Waals surface area contributed by atoms with Gasteiger partial charge in [0.1, 0.15) is 6.54 Å². The molecular formula is C20H26N3O2+. The van der Waals surface area contributed by atoms with E-state index in [0.717, 1.165) is 17.9 Å². The third kappa shape index (κ3) is 5.16. The van der Waals surface area contributed by atoms with Gasteiger partial charge in [-0.2, -0.15) is 0 Å². The van der Waals surface area contributed by atoms with Crippen molar-refractivity contribution in [2.24, 2.45) is 5.73 Å². The summed E-state index contributed by atoms with van der Waals surface area (Å²) in [7, 11) is 2.01. The zero-order valence-electron chi connectivity index (χ0n) is 15.0. The predicted molar refractivity (Wildman–Crippen MR) is 99.5 cm³/mol. The van der Waals surface area contributed by atoms with E-state index in [1.807, 2.05) is 14.0 Å². The van der Waals surface area contributed by atoms with Gasteiger partial charge in [0.15, 0.2) is 6.04 Å². The van der Waals surface area contributed by atoms with Crippen LogP contribution in [0.25, 0.3) is 0 Å². The summed E-state index contributed by atoms with van der Waals surface area (Å²) in [6, 6.07) is 14.9. The SMILES string of the molecule is CCc1ccc(C[NH+](C)[C@H](C)C(=O)Nc2ccc(C(N)=O)cc2)cc1. The van der Waals surface area contributed by atoms with Crippen LogP contribution in [0.15, 0.2) is 48.5 Å². The van der Waals surface area contributed by atoms with Crippen LogP contribution >= 0.6 is 0 Å². The minimum absolute atomic E-state index is 0.0606. The van der Waals surface area contributed by atoms with Crippen LogP contribution in [0.4, 0.5) is 5.69 Å². The van der Waals surface area contributed by atoms with Gasteiger partial charge in [0, 0.05) is 16.8 Å². The first-order valence-electron chi connectivity index (χ1n) is 8.51. The summed E-state index contributed by atoms with van der Waals surface area (Å²) < 4.78 is 0. The van der Waals surface area contributed by atoms with Gasteiger partial charge in [0.05, 0.1) is 7.05 Å². The van der Waals surface area contributed by atoms with E-state index in [4.69, 9.17) is 5.73 Å². The van der Waals surface area contributed by atoms with Crippen LogP contribution in [0.3, 0.4) is 0 Å². The van der Waals surface area contributed by atoms with Gasteiger partial charge in [-0.3, -0.25) is 9.59 Å². The Morgan fingerprint density at radius 1 is 1.04 bits per heavy atom. The second-order valence-corrected chi connectivity index (χ2v) is 6.35. The van der Waals surface area contributed by atoms with Crippen LogP contribution in [-0.4, -0.2) is 24.9 Å². The maximum Gasteiger partial charge on any atom is 0.282 e. The van der Waals surface area contributed by atoms with E-state index < -0.39 is 5.91 Å². The third-order valence-electron chi connectivity index (χ3n) is 4.48. The Labute approximate surface area is 148 Å². The molecule has 0 fully saturated rings. The standard InChI is InChI=1S/C20H25N3O2/c1-4-15-5-7-16(8-6-15)13-23(3)14(2)20(25)22-18-11-9-17(10-12-18)19(21)24/h5-12,14H,4,13H2,1-3H3,(H2,21,24)(H,22,25)/p+1/t14-/m1/s1. The van der Waals surface area contributed by atoms with Crippen LogP contribution in [0.1, 0.15) is 35.3 Å². The number of carbonyl (C=O) groups excluding carboxylic acids is 2. The summed E-state index contributed by atoms with van der Waals surface area (Å²) in [5.74, 6) is -0.543. The van der Waals surface area contributed by atoms with E-state index >= 15 is 0 Å². The highest BCUT2D eigenvalue weighted by Crippen LogP contribution is 2.09. The average molecular weight is 340 g/mol. The first-order chi connectivity index (χ1) is 11.9. The maximum absolute atomic E-state index is 12.4. The average Bonchev–Trinajstić information content (AvgIpc) is 2.62. The number of aryl methyl sites for hydroxylation is 1. The molecule has 0 aliphatic rings. The summed E-state index contributed by atoms with van der Waals surface area (Å²) in [5.41, 5.74) is 8.81. The van der Waals surface area contributed by atoms with Crippen molar-refractivity contribution >= 4 is 17.5 Å². The number of hydrogen-bond acceptors (Lipinski definition) is 2. The Balaban J connectivity index is 1.94. The number of primary amides is 1. The van der Waals surface area contributed by atoms with Crippen LogP contribution < -0.4 is 16.0 Å². The molecule has 1 unspecified atom stereocenters. The second kappa shape index (κ2) is 8.44. The number of carbonyl (C=O) groups is 2. The molecule has 0 radical (unpaired) electrons. The molecule has 0 bridgehead atoms. The molecule has 2 aromatic carbocycles. The Morgan fingerprint density at radius 2 is 1.60 bits per heavy atom. The highest BCUT2D eigenvalue weighted by molar-refractivity contribution is 5.95. The van der Waals surface area contributed by atoms with Gasteiger partial charge in [0.2, 0.25) is 5.91 Å². The van der Waals surface area contributed by atoms with Gasteiger partial charge in [-0.15, -0.1) is 0 Å². The molecule has 25 heavy (non-hydrogen) atoms. The molecule has 132 valence electrons. The van der Waals surface area contributed by atoms with Gasteiger partial charge in [-0.05, 0) is 43.2 Å². The van der Waals surface area contributed by atoms with E-state index in [0.29, 0.717) is 11.3 Å². The van der Waals surface area contributed by atoms with E-state index in [2.05, 4.69) is 36.5 Å². The number of nitrogens with two attached hydrogens (primary N) is 1. The quantitative estimate of drug-likeness (QED) is 0.712.